The van der Waals surface area contributed by atoms with Crippen LogP contribution in [-0.2, 0) is 22.9 Å². The summed E-state index contributed by atoms with van der Waals surface area (Å²) < 4.78 is 27.6. The molecule has 0 radical (unpaired) electrons. The van der Waals surface area contributed by atoms with E-state index >= 15 is 0 Å². The van der Waals surface area contributed by atoms with E-state index in [9.17, 15) is 13.2 Å². The number of hydrogen-bond donors (Lipinski definition) is 1. The lowest BCUT2D eigenvalue weighted by atomic mass is 10.0. The molecule has 4 nitrogen and oxygen atoms in total. The number of benzene rings is 3. The van der Waals surface area contributed by atoms with Crippen molar-refractivity contribution in [1.82, 2.24) is 0 Å². The third-order valence-corrected chi connectivity index (χ3v) is 6.36. The predicted octanol–water partition coefficient (Wildman–Crippen LogP) is 5.15. The Bertz CT molecular complexity index is 1170. The maximum Gasteiger partial charge on any atom is 0.261 e. The lowest BCUT2D eigenvalue weighted by Crippen LogP contribution is -2.13. The summed E-state index contributed by atoms with van der Waals surface area (Å²) in [5.74, 6) is 0.0337. The second-order valence-corrected chi connectivity index (χ2v) is 9.52. The maximum absolute atomic E-state index is 12.5. The van der Waals surface area contributed by atoms with Crippen molar-refractivity contribution >= 4 is 38.6 Å². The van der Waals surface area contributed by atoms with E-state index in [1.165, 1.54) is 0 Å². The number of nitrogens with one attached hydrogen (secondary N) is 1. The van der Waals surface area contributed by atoms with Crippen LogP contribution in [0.15, 0.2) is 77.7 Å². The summed E-state index contributed by atoms with van der Waals surface area (Å²) in [5.41, 5.74) is 4.19. The largest absolute Gasteiger partial charge is 0.295 e. The van der Waals surface area contributed by atoms with E-state index in [1.807, 2.05) is 37.3 Å². The molecule has 0 aliphatic heterocycles. The molecule has 0 aliphatic carbocycles. The van der Waals surface area contributed by atoms with Gasteiger partial charge in [-0.1, -0.05) is 60.2 Å². The summed E-state index contributed by atoms with van der Waals surface area (Å²) >= 11 is 5.53. The van der Waals surface area contributed by atoms with Gasteiger partial charge in [0.2, 0.25) is 0 Å². The lowest BCUT2D eigenvalue weighted by molar-refractivity contribution is 0.101. The Hall–Kier alpha value is -2.83. The van der Waals surface area contributed by atoms with Crippen molar-refractivity contribution in [2.24, 2.45) is 0 Å². The molecule has 0 fully saturated rings. The minimum Gasteiger partial charge on any atom is -0.295 e. The number of anilines is 1. The molecule has 0 atom stereocenters. The van der Waals surface area contributed by atoms with Gasteiger partial charge in [0.05, 0.1) is 4.90 Å². The zero-order valence-electron chi connectivity index (χ0n) is 16.9. The fourth-order valence-electron chi connectivity index (χ4n) is 3.04. The summed E-state index contributed by atoms with van der Waals surface area (Å²) in [7, 11) is -3.62. The molecular formula is C24H23NO3S2. The first-order valence-electron chi connectivity index (χ1n) is 9.53. The fraction of sp³-hybridized carbons (Fsp3) is 0.167. The van der Waals surface area contributed by atoms with Crippen LogP contribution in [0.3, 0.4) is 0 Å². The van der Waals surface area contributed by atoms with Gasteiger partial charge in [0.1, 0.15) is 0 Å². The Balaban J connectivity index is 1.63. The molecule has 3 aromatic rings. The molecule has 0 saturated carbocycles. The van der Waals surface area contributed by atoms with Crippen molar-refractivity contribution in [2.75, 3.05) is 4.72 Å². The molecule has 0 aliphatic rings. The molecule has 0 spiro atoms. The standard InChI is InChI=1S/C24H23NO3S2/c1-17-6-12-24(13-7-17)30(27,28)25-22-10-8-19(9-11-22)15-23(29)16-20-4-3-5-21(14-20)18(2)26/h3-14,25H,15-16H2,1-2H3. The minimum absolute atomic E-state index is 0.0337. The molecule has 30 heavy (non-hydrogen) atoms. The first-order chi connectivity index (χ1) is 14.2. The van der Waals surface area contributed by atoms with Crippen LogP contribution in [0.25, 0.3) is 0 Å². The van der Waals surface area contributed by atoms with Crippen molar-refractivity contribution in [3.63, 3.8) is 0 Å². The van der Waals surface area contributed by atoms with Crippen LogP contribution in [0.5, 0.6) is 0 Å². The number of thiocarbonyl (C=S) groups is 1. The molecule has 0 unspecified atom stereocenters. The first kappa shape index (κ1) is 21.9. The Labute approximate surface area is 183 Å². The Morgan fingerprint density at radius 2 is 1.53 bits per heavy atom. The highest BCUT2D eigenvalue weighted by Gasteiger charge is 2.13. The van der Waals surface area contributed by atoms with Crippen LogP contribution in [0.2, 0.25) is 0 Å². The summed E-state index contributed by atoms with van der Waals surface area (Å²) in [4.78, 5) is 12.6. The first-order valence-corrected chi connectivity index (χ1v) is 11.4. The summed E-state index contributed by atoms with van der Waals surface area (Å²) in [6.07, 6.45) is 1.21. The van der Waals surface area contributed by atoms with Crippen molar-refractivity contribution in [1.29, 1.82) is 0 Å². The number of rotatable bonds is 8. The van der Waals surface area contributed by atoms with Gasteiger partial charge in [-0.3, -0.25) is 9.52 Å². The maximum atomic E-state index is 12.5. The van der Waals surface area contributed by atoms with Gasteiger partial charge >= 0.3 is 0 Å². The van der Waals surface area contributed by atoms with Gasteiger partial charge in [-0.25, -0.2) is 8.42 Å². The SMILES string of the molecule is CC(=O)c1cccc(CC(=S)Cc2ccc(NS(=O)(=O)c3ccc(C)cc3)cc2)c1. The van der Waals surface area contributed by atoms with Gasteiger partial charge in [-0.2, -0.15) is 0 Å². The van der Waals surface area contributed by atoms with Gasteiger partial charge in [0, 0.05) is 29.0 Å². The number of hydrogen-bond acceptors (Lipinski definition) is 4. The van der Waals surface area contributed by atoms with Gasteiger partial charge in [0.25, 0.3) is 10.0 Å². The Morgan fingerprint density at radius 1 is 0.900 bits per heavy atom. The second kappa shape index (κ2) is 9.32. The van der Waals surface area contributed by atoms with Crippen molar-refractivity contribution < 1.29 is 13.2 Å². The minimum atomic E-state index is -3.62. The quantitative estimate of drug-likeness (QED) is 0.391. The predicted molar refractivity (Wildman–Crippen MR) is 125 cm³/mol. The topological polar surface area (TPSA) is 63.2 Å². The van der Waals surface area contributed by atoms with Gasteiger partial charge in [0.15, 0.2) is 5.78 Å². The zero-order chi connectivity index (χ0) is 21.7. The van der Waals surface area contributed by atoms with Crippen molar-refractivity contribution in [2.45, 2.75) is 31.6 Å². The molecule has 1 N–H and O–H groups in total. The smallest absolute Gasteiger partial charge is 0.261 e. The van der Waals surface area contributed by atoms with Gasteiger partial charge in [-0.05, 0) is 55.3 Å². The number of Topliss-reactive ketones (excluding diaryl/α,β-unsaturated/α-hetero) is 1. The van der Waals surface area contributed by atoms with Crippen LogP contribution >= 0.6 is 12.2 Å². The fourth-order valence-corrected chi connectivity index (χ4v) is 4.43. The molecule has 3 rings (SSSR count). The number of ketones is 1. The van der Waals surface area contributed by atoms with Gasteiger partial charge < -0.3 is 0 Å². The third kappa shape index (κ3) is 5.84. The zero-order valence-corrected chi connectivity index (χ0v) is 18.5. The highest BCUT2D eigenvalue weighted by Crippen LogP contribution is 2.18. The molecule has 6 heteroatoms. The summed E-state index contributed by atoms with van der Waals surface area (Å²) in [6, 6.07) is 21.4. The van der Waals surface area contributed by atoms with E-state index in [0.717, 1.165) is 21.6 Å². The van der Waals surface area contributed by atoms with E-state index in [1.54, 1.807) is 49.4 Å². The lowest BCUT2D eigenvalue weighted by Gasteiger charge is -2.10. The van der Waals surface area contributed by atoms with E-state index in [-0.39, 0.29) is 10.7 Å². The molecule has 0 bridgehead atoms. The van der Waals surface area contributed by atoms with Crippen LogP contribution in [-0.4, -0.2) is 19.1 Å². The molecular weight excluding hydrogens is 414 g/mol. The molecule has 3 aromatic carbocycles. The Kier molecular flexibility index (Phi) is 6.80. The normalized spacial score (nSPS) is 11.1. The number of sulfonamides is 1. The number of carbonyl (C=O) groups is 1. The van der Waals surface area contributed by atoms with E-state index in [0.29, 0.717) is 24.1 Å². The van der Waals surface area contributed by atoms with E-state index < -0.39 is 10.0 Å². The number of aryl methyl sites for hydroxylation is 1. The highest BCUT2D eigenvalue weighted by molar-refractivity contribution is 7.92. The second-order valence-electron chi connectivity index (χ2n) is 7.26. The molecule has 0 aromatic heterocycles. The molecule has 0 saturated heterocycles. The van der Waals surface area contributed by atoms with Crippen molar-refractivity contribution in [3.8, 4) is 0 Å². The van der Waals surface area contributed by atoms with Crippen molar-refractivity contribution in [3.05, 3.63) is 95.1 Å². The van der Waals surface area contributed by atoms with E-state index in [4.69, 9.17) is 12.2 Å². The van der Waals surface area contributed by atoms with Crippen LogP contribution < -0.4 is 4.72 Å². The van der Waals surface area contributed by atoms with Crippen LogP contribution in [0, 0.1) is 6.92 Å². The summed E-state index contributed by atoms with van der Waals surface area (Å²) in [6.45, 7) is 3.46. The molecule has 0 amide bonds. The average Bonchev–Trinajstić information content (AvgIpc) is 2.70. The Morgan fingerprint density at radius 3 is 2.17 bits per heavy atom. The average molecular weight is 438 g/mol. The number of carbonyl (C=O) groups excluding carboxylic acids is 1. The summed E-state index contributed by atoms with van der Waals surface area (Å²) in [5, 5.41) is 0. The van der Waals surface area contributed by atoms with Crippen LogP contribution in [0.4, 0.5) is 5.69 Å². The van der Waals surface area contributed by atoms with E-state index in [2.05, 4.69) is 4.72 Å². The third-order valence-electron chi connectivity index (χ3n) is 4.67. The van der Waals surface area contributed by atoms with Crippen LogP contribution in [0.1, 0.15) is 34.0 Å². The monoisotopic (exact) mass is 437 g/mol. The molecule has 154 valence electrons. The molecule has 0 heterocycles. The van der Waals surface area contributed by atoms with Gasteiger partial charge in [-0.15, -0.1) is 0 Å². The highest BCUT2D eigenvalue weighted by atomic mass is 32.2.